The summed E-state index contributed by atoms with van der Waals surface area (Å²) in [5.41, 5.74) is 3.13. The van der Waals surface area contributed by atoms with E-state index in [2.05, 4.69) is 20.9 Å². The predicted octanol–water partition coefficient (Wildman–Crippen LogP) is 3.36. The zero-order valence-corrected chi connectivity index (χ0v) is 18.0. The Morgan fingerprint density at radius 2 is 1.73 bits per heavy atom. The van der Waals surface area contributed by atoms with Crippen LogP contribution in [0.25, 0.3) is 0 Å². The van der Waals surface area contributed by atoms with Crippen LogP contribution in [-0.4, -0.2) is 55.6 Å². The number of nitrogens with one attached hydrogen (secondary N) is 3. The van der Waals surface area contributed by atoms with Crippen molar-refractivity contribution < 1.29 is 14.3 Å². The molecule has 1 aliphatic rings. The number of aryl methyl sites for hydroxylation is 1. The number of carbonyl (C=O) groups excluding carboxylic acids is 2. The summed E-state index contributed by atoms with van der Waals surface area (Å²) in [7, 11) is 0. The van der Waals surface area contributed by atoms with E-state index in [4.69, 9.17) is 16.3 Å². The quantitative estimate of drug-likeness (QED) is 0.627. The maximum atomic E-state index is 12.5. The molecule has 30 heavy (non-hydrogen) atoms. The molecule has 0 saturated carbocycles. The average Bonchev–Trinajstić information content (AvgIpc) is 2.72. The molecule has 3 rings (SSSR count). The van der Waals surface area contributed by atoms with E-state index in [-0.39, 0.29) is 11.8 Å². The normalized spacial score (nSPS) is 15.3. The molecule has 0 bridgehead atoms. The van der Waals surface area contributed by atoms with Gasteiger partial charge in [-0.15, -0.1) is 0 Å². The van der Waals surface area contributed by atoms with Crippen molar-refractivity contribution in [2.24, 2.45) is 0 Å². The highest BCUT2D eigenvalue weighted by molar-refractivity contribution is 6.31. The standard InChI is InChI=1S/C22H27ClN4O3/c1-15-3-4-17(23)13-20(15)26-22(29)16(2)24-18-5-7-19(8-6-18)25-21(28)14-27-9-11-30-12-10-27/h3-8,13,16,24H,9-12,14H2,1-2H3,(H,25,28)(H,26,29). The summed E-state index contributed by atoms with van der Waals surface area (Å²) in [5, 5.41) is 9.52. The van der Waals surface area contributed by atoms with Gasteiger partial charge in [0, 0.05) is 35.2 Å². The smallest absolute Gasteiger partial charge is 0.246 e. The number of hydrogen-bond acceptors (Lipinski definition) is 5. The lowest BCUT2D eigenvalue weighted by Gasteiger charge is -2.25. The minimum absolute atomic E-state index is 0.0535. The van der Waals surface area contributed by atoms with Crippen LogP contribution in [-0.2, 0) is 14.3 Å². The van der Waals surface area contributed by atoms with Gasteiger partial charge < -0.3 is 20.7 Å². The molecule has 1 fully saturated rings. The van der Waals surface area contributed by atoms with Crippen LogP contribution in [0.2, 0.25) is 5.02 Å². The monoisotopic (exact) mass is 430 g/mol. The fraction of sp³-hybridized carbons (Fsp3) is 0.364. The second-order valence-electron chi connectivity index (χ2n) is 7.33. The molecule has 1 atom stereocenters. The van der Waals surface area contributed by atoms with Crippen molar-refractivity contribution in [2.45, 2.75) is 19.9 Å². The molecule has 0 aliphatic carbocycles. The molecule has 0 spiro atoms. The topological polar surface area (TPSA) is 82.7 Å². The maximum Gasteiger partial charge on any atom is 0.246 e. The Morgan fingerprint density at radius 1 is 1.07 bits per heavy atom. The van der Waals surface area contributed by atoms with E-state index in [0.717, 1.165) is 24.3 Å². The molecular weight excluding hydrogens is 404 g/mol. The minimum atomic E-state index is -0.454. The summed E-state index contributed by atoms with van der Waals surface area (Å²) >= 11 is 6.01. The molecule has 2 aromatic carbocycles. The van der Waals surface area contributed by atoms with E-state index >= 15 is 0 Å². The van der Waals surface area contributed by atoms with Crippen LogP contribution in [0.1, 0.15) is 12.5 Å². The Bertz CT molecular complexity index is 882. The van der Waals surface area contributed by atoms with Gasteiger partial charge in [-0.05, 0) is 55.8 Å². The van der Waals surface area contributed by atoms with Crippen molar-refractivity contribution in [3.05, 3.63) is 53.1 Å². The molecule has 8 heteroatoms. The summed E-state index contributed by atoms with van der Waals surface area (Å²) in [6.07, 6.45) is 0. The molecule has 3 N–H and O–H groups in total. The number of amides is 2. The third-order valence-electron chi connectivity index (χ3n) is 4.87. The van der Waals surface area contributed by atoms with Crippen LogP contribution < -0.4 is 16.0 Å². The highest BCUT2D eigenvalue weighted by atomic mass is 35.5. The van der Waals surface area contributed by atoms with Crippen LogP contribution >= 0.6 is 11.6 Å². The van der Waals surface area contributed by atoms with Crippen LogP contribution in [0.3, 0.4) is 0 Å². The Kier molecular flexibility index (Phi) is 7.68. The van der Waals surface area contributed by atoms with Gasteiger partial charge in [0.25, 0.3) is 0 Å². The Hall–Kier alpha value is -2.61. The van der Waals surface area contributed by atoms with E-state index in [1.165, 1.54) is 0 Å². The second kappa shape index (κ2) is 10.4. The van der Waals surface area contributed by atoms with Crippen LogP contribution in [0.15, 0.2) is 42.5 Å². The molecule has 160 valence electrons. The first-order chi connectivity index (χ1) is 14.4. The molecule has 2 aromatic rings. The minimum Gasteiger partial charge on any atom is -0.379 e. The number of rotatable bonds is 7. The van der Waals surface area contributed by atoms with Gasteiger partial charge >= 0.3 is 0 Å². The van der Waals surface area contributed by atoms with Gasteiger partial charge in [-0.3, -0.25) is 14.5 Å². The fourth-order valence-electron chi connectivity index (χ4n) is 3.10. The first-order valence-electron chi connectivity index (χ1n) is 9.94. The summed E-state index contributed by atoms with van der Waals surface area (Å²) < 4.78 is 5.29. The molecule has 1 heterocycles. The van der Waals surface area contributed by atoms with Crippen molar-refractivity contribution in [3.63, 3.8) is 0 Å². The zero-order valence-electron chi connectivity index (χ0n) is 17.2. The molecule has 1 saturated heterocycles. The highest BCUT2D eigenvalue weighted by Crippen LogP contribution is 2.21. The second-order valence-corrected chi connectivity index (χ2v) is 7.77. The summed E-state index contributed by atoms with van der Waals surface area (Å²) in [4.78, 5) is 26.7. The summed E-state index contributed by atoms with van der Waals surface area (Å²) in [6.45, 7) is 6.91. The average molecular weight is 431 g/mol. The van der Waals surface area contributed by atoms with Crippen molar-refractivity contribution in [1.82, 2.24) is 4.90 Å². The third-order valence-corrected chi connectivity index (χ3v) is 5.11. The van der Waals surface area contributed by atoms with Crippen molar-refractivity contribution in [3.8, 4) is 0 Å². The number of nitrogens with zero attached hydrogens (tertiary/aromatic N) is 1. The molecule has 1 unspecified atom stereocenters. The number of anilines is 3. The van der Waals surface area contributed by atoms with E-state index < -0.39 is 6.04 Å². The predicted molar refractivity (Wildman–Crippen MR) is 120 cm³/mol. The van der Waals surface area contributed by atoms with Gasteiger partial charge in [-0.1, -0.05) is 17.7 Å². The molecule has 2 amide bonds. The van der Waals surface area contributed by atoms with Gasteiger partial charge in [-0.25, -0.2) is 0 Å². The van der Waals surface area contributed by atoms with Gasteiger partial charge in [0.15, 0.2) is 0 Å². The lowest BCUT2D eigenvalue weighted by Crippen LogP contribution is -2.41. The number of ether oxygens (including phenoxy) is 1. The van der Waals surface area contributed by atoms with Gasteiger partial charge in [0.1, 0.15) is 6.04 Å². The van der Waals surface area contributed by atoms with Crippen molar-refractivity contribution >= 4 is 40.5 Å². The van der Waals surface area contributed by atoms with Crippen molar-refractivity contribution in [2.75, 3.05) is 48.8 Å². The van der Waals surface area contributed by atoms with Gasteiger partial charge in [0.05, 0.1) is 19.8 Å². The third kappa shape index (κ3) is 6.45. The molecular formula is C22H27ClN4O3. The van der Waals surface area contributed by atoms with E-state index in [9.17, 15) is 9.59 Å². The number of halogens is 1. The SMILES string of the molecule is Cc1ccc(Cl)cc1NC(=O)C(C)Nc1ccc(NC(=O)CN2CCOCC2)cc1. The highest BCUT2D eigenvalue weighted by Gasteiger charge is 2.15. The maximum absolute atomic E-state index is 12.5. The first kappa shape index (κ1) is 22.1. The van der Waals surface area contributed by atoms with E-state index in [1.807, 2.05) is 37.3 Å². The van der Waals surface area contributed by atoms with E-state index in [0.29, 0.717) is 36.2 Å². The number of carbonyl (C=O) groups is 2. The van der Waals surface area contributed by atoms with Crippen LogP contribution in [0.5, 0.6) is 0 Å². The molecule has 0 radical (unpaired) electrons. The Morgan fingerprint density at radius 3 is 2.43 bits per heavy atom. The van der Waals surface area contributed by atoms with E-state index in [1.54, 1.807) is 19.1 Å². The Labute approximate surface area is 181 Å². The number of benzene rings is 2. The largest absolute Gasteiger partial charge is 0.379 e. The van der Waals surface area contributed by atoms with Gasteiger partial charge in [-0.2, -0.15) is 0 Å². The van der Waals surface area contributed by atoms with Crippen LogP contribution in [0, 0.1) is 6.92 Å². The van der Waals surface area contributed by atoms with Crippen molar-refractivity contribution in [1.29, 1.82) is 0 Å². The summed E-state index contributed by atoms with van der Waals surface area (Å²) in [6, 6.07) is 12.2. The fourth-order valence-corrected chi connectivity index (χ4v) is 3.27. The number of hydrogen-bond donors (Lipinski definition) is 3. The molecule has 7 nitrogen and oxygen atoms in total. The first-order valence-corrected chi connectivity index (χ1v) is 10.3. The van der Waals surface area contributed by atoms with Crippen LogP contribution in [0.4, 0.5) is 17.1 Å². The zero-order chi connectivity index (χ0) is 21.5. The lowest BCUT2D eigenvalue weighted by molar-refractivity contribution is -0.118. The summed E-state index contributed by atoms with van der Waals surface area (Å²) in [5.74, 6) is -0.217. The number of morpholine rings is 1. The Balaban J connectivity index is 1.49. The van der Waals surface area contributed by atoms with Gasteiger partial charge in [0.2, 0.25) is 11.8 Å². The molecule has 1 aliphatic heterocycles. The lowest BCUT2D eigenvalue weighted by atomic mass is 10.2. The molecule has 0 aromatic heterocycles.